The lowest BCUT2D eigenvalue weighted by Crippen LogP contribution is -2.39. The summed E-state index contributed by atoms with van der Waals surface area (Å²) in [4.78, 5) is 4.35. The molecule has 0 saturated carbocycles. The van der Waals surface area contributed by atoms with E-state index in [1.165, 1.54) is 0 Å². The first-order valence-electron chi connectivity index (χ1n) is 9.27. The minimum absolute atomic E-state index is 0.0685. The number of halogens is 1. The van der Waals surface area contributed by atoms with Gasteiger partial charge in [-0.25, -0.2) is 13.1 Å². The smallest absolute Gasteiger partial charge is 0.213 e. The van der Waals surface area contributed by atoms with Gasteiger partial charge in [0.05, 0.1) is 12.3 Å². The summed E-state index contributed by atoms with van der Waals surface area (Å²) in [5.41, 5.74) is 1.98. The normalized spacial score (nSPS) is 12.0. The Kier molecular flexibility index (Phi) is 9.27. The van der Waals surface area contributed by atoms with Crippen LogP contribution in [0.5, 0.6) is 0 Å². The summed E-state index contributed by atoms with van der Waals surface area (Å²) in [6.45, 7) is 3.75. The average molecular weight is 423 g/mol. The standard InChI is InChI=1S/C20H27ClN4O2S/c1-2-22-20(23-13-12-18-10-6-7-11-19(18)21)24-14-15-28(26,27)25-16-17-8-4-3-5-9-17/h3-11,25H,2,12-16H2,1H3,(H2,22,23,24). The fraction of sp³-hybridized carbons (Fsp3) is 0.350. The van der Waals surface area contributed by atoms with Crippen molar-refractivity contribution in [2.24, 2.45) is 4.99 Å². The molecule has 0 unspecified atom stereocenters. The minimum Gasteiger partial charge on any atom is -0.357 e. The number of sulfonamides is 1. The van der Waals surface area contributed by atoms with E-state index >= 15 is 0 Å². The summed E-state index contributed by atoms with van der Waals surface area (Å²) in [6, 6.07) is 17.1. The molecule has 0 bridgehead atoms. The topological polar surface area (TPSA) is 82.6 Å². The highest BCUT2D eigenvalue weighted by Gasteiger charge is 2.09. The van der Waals surface area contributed by atoms with Gasteiger partial charge < -0.3 is 10.6 Å². The molecule has 2 aromatic carbocycles. The summed E-state index contributed by atoms with van der Waals surface area (Å²) < 4.78 is 26.9. The first-order valence-corrected chi connectivity index (χ1v) is 11.3. The Morgan fingerprint density at radius 3 is 2.46 bits per heavy atom. The lowest BCUT2D eigenvalue weighted by molar-refractivity contribution is 0.581. The van der Waals surface area contributed by atoms with Gasteiger partial charge in [0.15, 0.2) is 5.96 Å². The number of hydrogen-bond donors (Lipinski definition) is 3. The Labute approximate surface area is 172 Å². The van der Waals surface area contributed by atoms with Gasteiger partial charge in [-0.3, -0.25) is 4.99 Å². The first kappa shape index (κ1) is 22.2. The second-order valence-corrected chi connectivity index (χ2v) is 8.49. The maximum absolute atomic E-state index is 12.1. The average Bonchev–Trinajstić information content (AvgIpc) is 2.69. The van der Waals surface area contributed by atoms with E-state index in [-0.39, 0.29) is 18.8 Å². The molecule has 0 spiro atoms. The van der Waals surface area contributed by atoms with E-state index in [2.05, 4.69) is 20.3 Å². The summed E-state index contributed by atoms with van der Waals surface area (Å²) >= 11 is 6.16. The van der Waals surface area contributed by atoms with Gasteiger partial charge in [-0.05, 0) is 30.5 Å². The van der Waals surface area contributed by atoms with E-state index in [0.717, 1.165) is 22.6 Å². The largest absolute Gasteiger partial charge is 0.357 e. The molecule has 8 heteroatoms. The van der Waals surface area contributed by atoms with E-state index in [1.54, 1.807) is 0 Å². The number of nitrogens with zero attached hydrogens (tertiary/aromatic N) is 1. The predicted molar refractivity (Wildman–Crippen MR) is 116 cm³/mol. The van der Waals surface area contributed by atoms with Gasteiger partial charge in [-0.15, -0.1) is 0 Å². The van der Waals surface area contributed by atoms with Crippen LogP contribution in [-0.2, 0) is 23.0 Å². The van der Waals surface area contributed by atoms with Gasteiger partial charge in [0.25, 0.3) is 0 Å². The molecule has 0 aliphatic rings. The molecule has 3 N–H and O–H groups in total. The maximum atomic E-state index is 12.1. The molecule has 152 valence electrons. The van der Waals surface area contributed by atoms with Crippen LogP contribution in [0.3, 0.4) is 0 Å². The van der Waals surface area contributed by atoms with Crippen LogP contribution < -0.4 is 15.4 Å². The zero-order chi connectivity index (χ0) is 20.2. The molecule has 0 aliphatic heterocycles. The van der Waals surface area contributed by atoms with E-state index in [0.29, 0.717) is 19.0 Å². The summed E-state index contributed by atoms with van der Waals surface area (Å²) in [5, 5.41) is 7.06. The number of hydrogen-bond acceptors (Lipinski definition) is 3. The van der Waals surface area contributed by atoms with E-state index < -0.39 is 10.0 Å². The molecule has 0 aromatic heterocycles. The molecule has 0 aliphatic carbocycles. The summed E-state index contributed by atoms with van der Waals surface area (Å²) in [7, 11) is -3.39. The van der Waals surface area contributed by atoms with Crippen molar-refractivity contribution in [1.82, 2.24) is 15.4 Å². The van der Waals surface area contributed by atoms with Gasteiger partial charge in [0.2, 0.25) is 10.0 Å². The van der Waals surface area contributed by atoms with Gasteiger partial charge in [-0.2, -0.15) is 0 Å². The zero-order valence-electron chi connectivity index (χ0n) is 16.0. The molecular formula is C20H27ClN4O2S. The monoisotopic (exact) mass is 422 g/mol. The number of rotatable bonds is 10. The fourth-order valence-electron chi connectivity index (χ4n) is 2.50. The fourth-order valence-corrected chi connectivity index (χ4v) is 3.59. The zero-order valence-corrected chi connectivity index (χ0v) is 17.6. The highest BCUT2D eigenvalue weighted by molar-refractivity contribution is 7.89. The maximum Gasteiger partial charge on any atom is 0.213 e. The number of aliphatic imine (C=N–C) groups is 1. The second kappa shape index (κ2) is 11.7. The molecule has 0 amide bonds. The highest BCUT2D eigenvalue weighted by Crippen LogP contribution is 2.14. The number of guanidine groups is 1. The Balaban J connectivity index is 1.79. The van der Waals surface area contributed by atoms with Crippen LogP contribution in [0, 0.1) is 0 Å². The third-order valence-corrected chi connectivity index (χ3v) is 5.63. The van der Waals surface area contributed by atoms with Gasteiger partial charge in [-0.1, -0.05) is 60.1 Å². The van der Waals surface area contributed by atoms with Crippen molar-refractivity contribution in [2.45, 2.75) is 19.9 Å². The molecule has 0 atom stereocenters. The van der Waals surface area contributed by atoms with Crippen LogP contribution in [0.4, 0.5) is 0 Å². The molecule has 0 fully saturated rings. The summed E-state index contributed by atoms with van der Waals surface area (Å²) in [6.07, 6.45) is 0.751. The van der Waals surface area contributed by atoms with E-state index in [4.69, 9.17) is 11.6 Å². The van der Waals surface area contributed by atoms with Gasteiger partial charge in [0, 0.05) is 24.7 Å². The molecule has 6 nitrogen and oxygen atoms in total. The van der Waals surface area contributed by atoms with Crippen LogP contribution >= 0.6 is 11.6 Å². The van der Waals surface area contributed by atoms with Crippen LogP contribution in [-0.4, -0.2) is 39.8 Å². The third kappa shape index (κ3) is 8.29. The number of benzene rings is 2. The lowest BCUT2D eigenvalue weighted by atomic mass is 10.1. The Morgan fingerprint density at radius 2 is 1.75 bits per heavy atom. The van der Waals surface area contributed by atoms with Crippen LogP contribution in [0.1, 0.15) is 18.1 Å². The van der Waals surface area contributed by atoms with Gasteiger partial charge >= 0.3 is 0 Å². The molecule has 2 rings (SSSR count). The van der Waals surface area contributed by atoms with Crippen LogP contribution in [0.25, 0.3) is 0 Å². The first-order chi connectivity index (χ1) is 13.5. The molecule has 2 aromatic rings. The Hall–Kier alpha value is -2.09. The predicted octanol–water partition coefficient (Wildman–Crippen LogP) is 2.56. The molecule has 0 saturated heterocycles. The Bertz CT molecular complexity index is 858. The van der Waals surface area contributed by atoms with Crippen molar-refractivity contribution < 1.29 is 8.42 Å². The molecule has 28 heavy (non-hydrogen) atoms. The van der Waals surface area contributed by atoms with Crippen molar-refractivity contribution in [1.29, 1.82) is 0 Å². The third-order valence-electron chi connectivity index (χ3n) is 3.96. The van der Waals surface area contributed by atoms with Gasteiger partial charge in [0.1, 0.15) is 0 Å². The Morgan fingerprint density at radius 1 is 1.04 bits per heavy atom. The summed E-state index contributed by atoms with van der Waals surface area (Å²) in [5.74, 6) is 0.522. The van der Waals surface area contributed by atoms with E-state index in [9.17, 15) is 8.42 Å². The van der Waals surface area contributed by atoms with Crippen LogP contribution in [0.15, 0.2) is 59.6 Å². The quantitative estimate of drug-likeness (QED) is 0.406. The van der Waals surface area contributed by atoms with Crippen molar-refractivity contribution in [2.75, 3.05) is 25.4 Å². The highest BCUT2D eigenvalue weighted by atomic mass is 35.5. The van der Waals surface area contributed by atoms with Crippen molar-refractivity contribution >= 4 is 27.6 Å². The molecule has 0 heterocycles. The van der Waals surface area contributed by atoms with E-state index in [1.807, 2.05) is 61.5 Å². The van der Waals surface area contributed by atoms with Crippen molar-refractivity contribution in [3.8, 4) is 0 Å². The SMILES string of the molecule is CCNC(=NCCS(=O)(=O)NCc1ccccc1)NCCc1ccccc1Cl. The minimum atomic E-state index is -3.39. The van der Waals surface area contributed by atoms with Crippen LogP contribution in [0.2, 0.25) is 5.02 Å². The number of nitrogens with one attached hydrogen (secondary N) is 3. The van der Waals surface area contributed by atoms with Crippen molar-refractivity contribution in [3.63, 3.8) is 0 Å². The molecular weight excluding hydrogens is 396 g/mol. The second-order valence-electron chi connectivity index (χ2n) is 6.15. The molecule has 0 radical (unpaired) electrons. The lowest BCUT2D eigenvalue weighted by Gasteiger charge is -2.12. The van der Waals surface area contributed by atoms with Crippen molar-refractivity contribution in [3.05, 3.63) is 70.7 Å².